The number of esters is 1. The Bertz CT molecular complexity index is 1940. The molecule has 11 heteroatoms. The van der Waals surface area contributed by atoms with Crippen LogP contribution in [0.25, 0.3) is 22.6 Å². The van der Waals surface area contributed by atoms with Gasteiger partial charge in [0.2, 0.25) is 10.0 Å². The van der Waals surface area contributed by atoms with Gasteiger partial charge in [0.15, 0.2) is 6.61 Å². The molecule has 0 unspecified atom stereocenters. The molecule has 6 rings (SSSR count). The predicted molar refractivity (Wildman–Crippen MR) is 179 cm³/mol. The quantitative estimate of drug-likeness (QED) is 0.208. The number of carbonyl (C=O) groups is 2. The van der Waals surface area contributed by atoms with Gasteiger partial charge in [-0.15, -0.1) is 0 Å². The summed E-state index contributed by atoms with van der Waals surface area (Å²) in [6, 6.07) is 19.3. The molecule has 0 radical (unpaired) electrons. The van der Waals surface area contributed by atoms with Crippen molar-refractivity contribution in [3.63, 3.8) is 0 Å². The van der Waals surface area contributed by atoms with Crippen LogP contribution in [0.4, 0.5) is 5.69 Å². The van der Waals surface area contributed by atoms with Gasteiger partial charge < -0.3 is 14.8 Å². The molecule has 0 bridgehead atoms. The number of fused-ring (bicyclic) bond motifs is 2. The molecule has 4 aromatic rings. The first-order chi connectivity index (χ1) is 22.2. The lowest BCUT2D eigenvalue weighted by atomic mass is 9.86. The van der Waals surface area contributed by atoms with Crippen LogP contribution in [0, 0.1) is 0 Å². The fraction of sp³-hybridized carbons (Fsp3) is 0.286. The lowest BCUT2D eigenvalue weighted by Gasteiger charge is -2.26. The number of hydrogen-bond acceptors (Lipinski definition) is 7. The van der Waals surface area contributed by atoms with Crippen molar-refractivity contribution in [3.8, 4) is 5.75 Å². The summed E-state index contributed by atoms with van der Waals surface area (Å²) in [6.07, 6.45) is 6.92. The van der Waals surface area contributed by atoms with Crippen molar-refractivity contribution in [1.82, 2.24) is 9.29 Å². The van der Waals surface area contributed by atoms with Crippen LogP contribution in [0.2, 0.25) is 5.02 Å². The number of amides is 1. The lowest BCUT2D eigenvalue weighted by Crippen LogP contribution is -2.35. The van der Waals surface area contributed by atoms with E-state index in [1.807, 2.05) is 48.5 Å². The minimum atomic E-state index is -3.74. The highest BCUT2D eigenvalue weighted by Crippen LogP contribution is 2.37. The molecule has 1 aromatic heterocycles. The molecule has 0 spiro atoms. The zero-order chi connectivity index (χ0) is 32.3. The summed E-state index contributed by atoms with van der Waals surface area (Å²) in [4.78, 5) is 31.8. The Labute approximate surface area is 273 Å². The smallest absolute Gasteiger partial charge is 0.339 e. The summed E-state index contributed by atoms with van der Waals surface area (Å²) in [7, 11) is -2.31. The SMILES string of the molecule is COc1ccc(S(=O)(=O)N2CCCCC2)cc1NC(=O)COC(=O)c1c2c(nc3ccccc13)/C(=C/c1ccc(Cl)cc1)CCC2. The molecule has 1 fully saturated rings. The van der Waals surface area contributed by atoms with Crippen molar-refractivity contribution in [2.75, 3.05) is 32.1 Å². The number of anilines is 1. The van der Waals surface area contributed by atoms with E-state index >= 15 is 0 Å². The number of methoxy groups -OCH3 is 1. The number of nitrogens with zero attached hydrogens (tertiary/aromatic N) is 2. The standard InChI is InChI=1S/C35H34ClN3O6S/c1-44-31-17-16-26(46(42,43)39-18-5-2-6-19-39)21-30(31)37-32(40)22-45-35(41)33-27-9-3-4-11-29(27)38-34-24(8-7-10-28(33)34)20-23-12-14-25(36)15-13-23/h3-4,9,11-17,20-21H,2,5-8,10,18-19,22H2,1H3,(H,37,40)/b24-20+. The highest BCUT2D eigenvalue weighted by Gasteiger charge is 2.28. The second-order valence-corrected chi connectivity index (χ2v) is 13.7. The van der Waals surface area contributed by atoms with Gasteiger partial charge in [-0.2, -0.15) is 4.31 Å². The zero-order valence-corrected chi connectivity index (χ0v) is 27.0. The highest BCUT2D eigenvalue weighted by molar-refractivity contribution is 7.89. The monoisotopic (exact) mass is 659 g/mol. The third kappa shape index (κ3) is 6.65. The molecule has 1 amide bonds. The van der Waals surface area contributed by atoms with Crippen molar-refractivity contribution in [2.45, 2.75) is 43.4 Å². The van der Waals surface area contributed by atoms with Gasteiger partial charge in [-0.1, -0.05) is 48.4 Å². The van der Waals surface area contributed by atoms with Crippen LogP contribution in [0.1, 0.15) is 59.3 Å². The van der Waals surface area contributed by atoms with E-state index < -0.39 is 28.5 Å². The Kier molecular flexibility index (Phi) is 9.39. The number of aromatic nitrogens is 1. The van der Waals surface area contributed by atoms with E-state index in [1.165, 1.54) is 29.6 Å². The molecule has 1 saturated heterocycles. The maximum atomic E-state index is 13.7. The number of carbonyl (C=O) groups excluding carboxylic acids is 2. The summed E-state index contributed by atoms with van der Waals surface area (Å²) in [5, 5.41) is 3.97. The van der Waals surface area contributed by atoms with Crippen LogP contribution in [-0.2, 0) is 26.0 Å². The molecule has 9 nitrogen and oxygen atoms in total. The van der Waals surface area contributed by atoms with Crippen molar-refractivity contribution < 1.29 is 27.5 Å². The average molecular weight is 660 g/mol. The first-order valence-corrected chi connectivity index (χ1v) is 17.1. The number of pyridine rings is 1. The summed E-state index contributed by atoms with van der Waals surface area (Å²) in [5.74, 6) is -0.979. The number of ether oxygens (including phenoxy) is 2. The highest BCUT2D eigenvalue weighted by atomic mass is 35.5. The van der Waals surface area contributed by atoms with Gasteiger partial charge in [-0.25, -0.2) is 18.2 Å². The number of nitrogens with one attached hydrogen (secondary N) is 1. The van der Waals surface area contributed by atoms with Crippen molar-refractivity contribution >= 4 is 61.7 Å². The Morgan fingerprint density at radius 2 is 1.74 bits per heavy atom. The van der Waals surface area contributed by atoms with E-state index in [1.54, 1.807) is 0 Å². The number of rotatable bonds is 8. The second-order valence-electron chi connectivity index (χ2n) is 11.4. The Balaban J connectivity index is 1.24. The summed E-state index contributed by atoms with van der Waals surface area (Å²) in [5.41, 5.74) is 4.73. The van der Waals surface area contributed by atoms with E-state index in [9.17, 15) is 18.0 Å². The number of hydrogen-bond donors (Lipinski definition) is 1. The fourth-order valence-electron chi connectivity index (χ4n) is 6.06. The molecule has 2 aliphatic rings. The average Bonchev–Trinajstić information content (AvgIpc) is 3.07. The third-order valence-electron chi connectivity index (χ3n) is 8.32. The number of halogens is 1. The summed E-state index contributed by atoms with van der Waals surface area (Å²) < 4.78 is 38.9. The molecular weight excluding hydrogens is 626 g/mol. The molecule has 46 heavy (non-hydrogen) atoms. The third-order valence-corrected chi connectivity index (χ3v) is 10.5. The number of sulfonamides is 1. The maximum absolute atomic E-state index is 13.7. The van der Waals surface area contributed by atoms with Crippen LogP contribution in [0.5, 0.6) is 5.75 Å². The Morgan fingerprint density at radius 1 is 0.978 bits per heavy atom. The Hall–Kier alpha value is -4.25. The molecule has 1 N–H and O–H groups in total. The van der Waals surface area contributed by atoms with Crippen molar-refractivity contribution in [1.29, 1.82) is 0 Å². The van der Waals surface area contributed by atoms with Gasteiger partial charge >= 0.3 is 5.97 Å². The van der Waals surface area contributed by atoms with Crippen molar-refractivity contribution in [2.24, 2.45) is 0 Å². The number of benzene rings is 3. The number of para-hydroxylation sites is 1. The van der Waals surface area contributed by atoms with Gasteiger partial charge in [-0.05, 0) is 91.3 Å². The molecule has 1 aliphatic carbocycles. The van der Waals surface area contributed by atoms with Gasteiger partial charge in [0, 0.05) is 23.5 Å². The fourth-order valence-corrected chi connectivity index (χ4v) is 7.73. The zero-order valence-electron chi connectivity index (χ0n) is 25.4. The van der Waals surface area contributed by atoms with Crippen LogP contribution in [-0.4, -0.2) is 56.4 Å². The molecule has 3 aromatic carbocycles. The van der Waals surface area contributed by atoms with Gasteiger partial charge in [0.05, 0.1) is 34.5 Å². The largest absolute Gasteiger partial charge is 0.495 e. The molecule has 238 valence electrons. The maximum Gasteiger partial charge on any atom is 0.339 e. The first kappa shape index (κ1) is 31.7. The van der Waals surface area contributed by atoms with E-state index in [2.05, 4.69) is 11.4 Å². The molecular formula is C35H34ClN3O6S. The molecule has 2 heterocycles. The first-order valence-electron chi connectivity index (χ1n) is 15.3. The topological polar surface area (TPSA) is 115 Å². The van der Waals surface area contributed by atoms with E-state index in [0.29, 0.717) is 41.0 Å². The normalized spacial score (nSPS) is 16.2. The minimum Gasteiger partial charge on any atom is -0.495 e. The second kappa shape index (κ2) is 13.6. The minimum absolute atomic E-state index is 0.0554. The van der Waals surface area contributed by atoms with Crippen LogP contribution >= 0.6 is 11.6 Å². The molecule has 0 atom stereocenters. The van der Waals surface area contributed by atoms with Crippen LogP contribution in [0.15, 0.2) is 71.6 Å². The van der Waals surface area contributed by atoms with Crippen LogP contribution in [0.3, 0.4) is 0 Å². The molecule has 1 aliphatic heterocycles. The predicted octanol–water partition coefficient (Wildman–Crippen LogP) is 6.74. The number of allylic oxidation sites excluding steroid dienone is 1. The lowest BCUT2D eigenvalue weighted by molar-refractivity contribution is -0.119. The summed E-state index contributed by atoms with van der Waals surface area (Å²) in [6.45, 7) is 0.333. The van der Waals surface area contributed by atoms with Crippen molar-refractivity contribution in [3.05, 3.63) is 94.1 Å². The van der Waals surface area contributed by atoms with Gasteiger partial charge in [0.25, 0.3) is 5.91 Å². The van der Waals surface area contributed by atoms with E-state index in [0.717, 1.165) is 54.5 Å². The van der Waals surface area contributed by atoms with E-state index in [-0.39, 0.29) is 16.3 Å². The van der Waals surface area contributed by atoms with E-state index in [4.69, 9.17) is 26.1 Å². The number of piperidine rings is 1. The Morgan fingerprint density at radius 3 is 2.50 bits per heavy atom. The molecule has 0 saturated carbocycles. The van der Waals surface area contributed by atoms with Gasteiger partial charge in [-0.3, -0.25) is 4.79 Å². The summed E-state index contributed by atoms with van der Waals surface area (Å²) >= 11 is 6.08. The van der Waals surface area contributed by atoms with Crippen LogP contribution < -0.4 is 10.1 Å². The van der Waals surface area contributed by atoms with Gasteiger partial charge in [0.1, 0.15) is 5.75 Å².